The zero-order valence-corrected chi connectivity index (χ0v) is 10.2. The van der Waals surface area contributed by atoms with Crippen LogP contribution < -0.4 is 0 Å². The van der Waals surface area contributed by atoms with Gasteiger partial charge < -0.3 is 5.21 Å². The van der Waals surface area contributed by atoms with E-state index in [2.05, 4.69) is 53.7 Å². The fourth-order valence-corrected chi connectivity index (χ4v) is 2.96. The van der Waals surface area contributed by atoms with Crippen molar-refractivity contribution in [2.24, 2.45) is 5.16 Å². The number of rotatable bonds is 1. The van der Waals surface area contributed by atoms with Crippen molar-refractivity contribution in [2.45, 2.75) is 0 Å². The Hall–Kier alpha value is -2.61. The molecule has 4 rings (SSSR count). The van der Waals surface area contributed by atoms with E-state index in [1.165, 1.54) is 33.1 Å². The van der Waals surface area contributed by atoms with Gasteiger partial charge in [-0.25, -0.2) is 0 Å². The van der Waals surface area contributed by atoms with E-state index in [4.69, 9.17) is 5.21 Å². The molecule has 0 aliphatic rings. The molecular formula is C17H11NO. The lowest BCUT2D eigenvalue weighted by molar-refractivity contribution is 0.322. The maximum absolute atomic E-state index is 8.84. The molecule has 0 aromatic heterocycles. The van der Waals surface area contributed by atoms with Crippen LogP contribution in [0.25, 0.3) is 32.3 Å². The number of oxime groups is 1. The average molecular weight is 245 g/mol. The van der Waals surface area contributed by atoms with E-state index >= 15 is 0 Å². The molecule has 2 heteroatoms. The van der Waals surface area contributed by atoms with E-state index in [1.54, 1.807) is 0 Å². The van der Waals surface area contributed by atoms with Gasteiger partial charge in [0.15, 0.2) is 0 Å². The maximum Gasteiger partial charge on any atom is 0.0740 e. The van der Waals surface area contributed by atoms with Gasteiger partial charge in [-0.15, -0.1) is 0 Å². The van der Waals surface area contributed by atoms with E-state index < -0.39 is 0 Å². The summed E-state index contributed by atoms with van der Waals surface area (Å²) in [6.07, 6.45) is 1.50. The highest BCUT2D eigenvalue weighted by molar-refractivity contribution is 6.26. The average Bonchev–Trinajstić information content (AvgIpc) is 2.46. The summed E-state index contributed by atoms with van der Waals surface area (Å²) >= 11 is 0. The summed E-state index contributed by atoms with van der Waals surface area (Å²) in [6, 6.07) is 18.9. The van der Waals surface area contributed by atoms with E-state index in [0.29, 0.717) is 0 Å². The van der Waals surface area contributed by atoms with E-state index in [1.807, 2.05) is 6.07 Å². The number of nitrogens with zero attached hydrogens (tertiary/aromatic N) is 1. The third-order valence-corrected chi connectivity index (χ3v) is 3.74. The van der Waals surface area contributed by atoms with Crippen LogP contribution in [0.2, 0.25) is 0 Å². The lowest BCUT2D eigenvalue weighted by Crippen LogP contribution is -1.89. The first kappa shape index (κ1) is 10.3. The molecule has 0 atom stereocenters. The minimum atomic E-state index is 0.944. The van der Waals surface area contributed by atoms with Crippen molar-refractivity contribution in [3.05, 3.63) is 60.2 Å². The van der Waals surface area contributed by atoms with Gasteiger partial charge in [-0.1, -0.05) is 53.7 Å². The zero-order chi connectivity index (χ0) is 12.8. The molecule has 19 heavy (non-hydrogen) atoms. The van der Waals surface area contributed by atoms with Gasteiger partial charge in [-0.2, -0.15) is 0 Å². The lowest BCUT2D eigenvalue weighted by Gasteiger charge is -2.12. The standard InChI is InChI=1S/C17H11NO/c19-18-10-14-9-13-5-1-3-11-7-8-12-4-2-6-15(14)17(12)16(11)13/h1-10,19H. The van der Waals surface area contributed by atoms with Gasteiger partial charge in [0, 0.05) is 5.56 Å². The summed E-state index contributed by atoms with van der Waals surface area (Å²) < 4.78 is 0. The summed E-state index contributed by atoms with van der Waals surface area (Å²) in [4.78, 5) is 0. The summed E-state index contributed by atoms with van der Waals surface area (Å²) in [5, 5.41) is 19.3. The third kappa shape index (κ3) is 1.34. The van der Waals surface area contributed by atoms with Crippen molar-refractivity contribution in [3.63, 3.8) is 0 Å². The fraction of sp³-hybridized carbons (Fsp3) is 0. The molecule has 0 unspecified atom stereocenters. The van der Waals surface area contributed by atoms with Crippen molar-refractivity contribution >= 4 is 38.5 Å². The number of hydrogen-bond acceptors (Lipinski definition) is 2. The molecule has 0 spiro atoms. The Morgan fingerprint density at radius 3 is 2.26 bits per heavy atom. The quantitative estimate of drug-likeness (QED) is 0.229. The van der Waals surface area contributed by atoms with Crippen LogP contribution in [-0.4, -0.2) is 11.4 Å². The molecule has 0 saturated heterocycles. The first-order valence-corrected chi connectivity index (χ1v) is 6.22. The van der Waals surface area contributed by atoms with Crippen LogP contribution in [0.15, 0.2) is 59.8 Å². The molecule has 4 aromatic carbocycles. The molecule has 0 radical (unpaired) electrons. The van der Waals surface area contributed by atoms with Gasteiger partial charge >= 0.3 is 0 Å². The van der Waals surface area contributed by atoms with Crippen molar-refractivity contribution in [1.82, 2.24) is 0 Å². The molecule has 0 aliphatic heterocycles. The van der Waals surface area contributed by atoms with Crippen molar-refractivity contribution < 1.29 is 5.21 Å². The molecule has 90 valence electrons. The molecule has 0 aliphatic carbocycles. The van der Waals surface area contributed by atoms with Gasteiger partial charge in [0.2, 0.25) is 0 Å². The van der Waals surface area contributed by atoms with E-state index in [0.717, 1.165) is 10.9 Å². The second-order valence-electron chi connectivity index (χ2n) is 4.76. The van der Waals surface area contributed by atoms with Crippen LogP contribution in [0.5, 0.6) is 0 Å². The Balaban J connectivity index is 2.39. The summed E-state index contributed by atoms with van der Waals surface area (Å²) in [5.74, 6) is 0. The lowest BCUT2D eigenvalue weighted by atomic mass is 9.92. The first-order valence-electron chi connectivity index (χ1n) is 6.22. The Kier molecular flexibility index (Phi) is 2.00. The van der Waals surface area contributed by atoms with Crippen LogP contribution in [0, 0.1) is 0 Å². The summed E-state index contributed by atoms with van der Waals surface area (Å²) in [5.41, 5.74) is 0.944. The molecule has 0 heterocycles. The second-order valence-corrected chi connectivity index (χ2v) is 4.76. The number of benzene rings is 4. The van der Waals surface area contributed by atoms with Gasteiger partial charge in [0.05, 0.1) is 6.21 Å². The minimum Gasteiger partial charge on any atom is -0.411 e. The summed E-state index contributed by atoms with van der Waals surface area (Å²) in [6.45, 7) is 0. The van der Waals surface area contributed by atoms with Crippen molar-refractivity contribution in [2.75, 3.05) is 0 Å². The Morgan fingerprint density at radius 1 is 0.789 bits per heavy atom. The molecular weight excluding hydrogens is 234 g/mol. The number of hydrogen-bond donors (Lipinski definition) is 1. The normalized spacial score (nSPS) is 12.2. The fourth-order valence-electron chi connectivity index (χ4n) is 2.96. The Labute approximate surface area is 109 Å². The monoisotopic (exact) mass is 245 g/mol. The minimum absolute atomic E-state index is 0.944. The first-order chi connectivity index (χ1) is 9.38. The van der Waals surface area contributed by atoms with Crippen LogP contribution in [0.3, 0.4) is 0 Å². The highest BCUT2D eigenvalue weighted by Gasteiger charge is 2.10. The molecule has 1 N–H and O–H groups in total. The van der Waals surface area contributed by atoms with Crippen molar-refractivity contribution in [1.29, 1.82) is 0 Å². The van der Waals surface area contributed by atoms with Gasteiger partial charge in [-0.05, 0) is 38.4 Å². The van der Waals surface area contributed by atoms with Gasteiger partial charge in [0.25, 0.3) is 0 Å². The highest BCUT2D eigenvalue weighted by atomic mass is 16.4. The molecule has 0 saturated carbocycles. The molecule has 0 bridgehead atoms. The maximum atomic E-state index is 8.84. The van der Waals surface area contributed by atoms with Crippen LogP contribution in [-0.2, 0) is 0 Å². The van der Waals surface area contributed by atoms with Gasteiger partial charge in [0.1, 0.15) is 0 Å². The molecule has 4 aromatic rings. The van der Waals surface area contributed by atoms with Crippen LogP contribution in [0.1, 0.15) is 5.56 Å². The predicted octanol–water partition coefficient (Wildman–Crippen LogP) is 4.39. The van der Waals surface area contributed by atoms with E-state index in [9.17, 15) is 0 Å². The topological polar surface area (TPSA) is 32.6 Å². The van der Waals surface area contributed by atoms with E-state index in [-0.39, 0.29) is 0 Å². The highest BCUT2D eigenvalue weighted by Crippen LogP contribution is 2.35. The molecule has 2 nitrogen and oxygen atoms in total. The smallest absolute Gasteiger partial charge is 0.0740 e. The third-order valence-electron chi connectivity index (χ3n) is 3.74. The summed E-state index contributed by atoms with van der Waals surface area (Å²) in [7, 11) is 0. The zero-order valence-electron chi connectivity index (χ0n) is 10.2. The van der Waals surface area contributed by atoms with Crippen LogP contribution in [0.4, 0.5) is 0 Å². The largest absolute Gasteiger partial charge is 0.411 e. The Morgan fingerprint density at radius 2 is 1.47 bits per heavy atom. The van der Waals surface area contributed by atoms with Gasteiger partial charge in [-0.3, -0.25) is 0 Å². The predicted molar refractivity (Wildman–Crippen MR) is 79.5 cm³/mol. The van der Waals surface area contributed by atoms with Crippen LogP contribution >= 0.6 is 0 Å². The SMILES string of the molecule is ON=Cc1cc2cccc3ccc4cccc1c4c32. The Bertz CT molecular complexity index is 924. The van der Waals surface area contributed by atoms with Crippen molar-refractivity contribution in [3.8, 4) is 0 Å². The molecule has 0 fully saturated rings. The molecule has 0 amide bonds. The second kappa shape index (κ2) is 3.69.